The Morgan fingerprint density at radius 3 is 2.39 bits per heavy atom. The lowest BCUT2D eigenvalue weighted by Crippen LogP contribution is -2.42. The molecule has 0 aliphatic carbocycles. The zero-order chi connectivity index (χ0) is 27.2. The van der Waals surface area contributed by atoms with Crippen molar-refractivity contribution >= 4 is 17.8 Å². The van der Waals surface area contributed by atoms with Crippen LogP contribution in [0.1, 0.15) is 50.2 Å². The van der Waals surface area contributed by atoms with Gasteiger partial charge in [0.25, 0.3) is 0 Å². The van der Waals surface area contributed by atoms with E-state index in [0.717, 1.165) is 24.0 Å². The standard InChI is InChI=1S/C31H40N2O5/c1-23-21-32-30(36)26(20-29(35)33-28(22-34)19-25-14-8-5-9-15-25)16-10-2-3-11-17-27(31(37)38-23)18-24-12-6-4-7-13-24/h2,4-10,12-15,23,26-28,34H,3,11,16-22H2,1H3,(H,32,36)(H,33,35). The molecule has 0 aromatic heterocycles. The van der Waals surface area contributed by atoms with Crippen molar-refractivity contribution < 1.29 is 24.2 Å². The average molecular weight is 521 g/mol. The Morgan fingerprint density at radius 2 is 1.71 bits per heavy atom. The van der Waals surface area contributed by atoms with Gasteiger partial charge in [0.1, 0.15) is 6.10 Å². The van der Waals surface area contributed by atoms with Crippen molar-refractivity contribution in [2.45, 2.75) is 64.0 Å². The summed E-state index contributed by atoms with van der Waals surface area (Å²) in [6, 6.07) is 19.1. The van der Waals surface area contributed by atoms with Gasteiger partial charge in [0.05, 0.1) is 31.0 Å². The summed E-state index contributed by atoms with van der Waals surface area (Å²) in [4.78, 5) is 38.7. The number of cyclic esters (lactones) is 1. The van der Waals surface area contributed by atoms with E-state index in [-0.39, 0.29) is 43.3 Å². The van der Waals surface area contributed by atoms with Crippen molar-refractivity contribution in [3.8, 4) is 0 Å². The molecule has 2 aromatic carbocycles. The first-order valence-corrected chi connectivity index (χ1v) is 13.6. The van der Waals surface area contributed by atoms with Gasteiger partial charge in [-0.3, -0.25) is 14.4 Å². The van der Waals surface area contributed by atoms with Crippen LogP contribution in [0.15, 0.2) is 72.8 Å². The molecule has 1 aliphatic heterocycles. The molecule has 0 radical (unpaired) electrons. The second kappa shape index (κ2) is 15.7. The van der Waals surface area contributed by atoms with Crippen molar-refractivity contribution in [3.05, 3.63) is 83.9 Å². The third-order valence-corrected chi connectivity index (χ3v) is 6.76. The minimum Gasteiger partial charge on any atom is -0.461 e. The molecular formula is C31H40N2O5. The SMILES string of the molecule is CC1CNC(=O)C(CC(=O)NC(CO)Cc2ccccc2)CC=CCCCC(Cc2ccccc2)C(=O)O1. The van der Waals surface area contributed by atoms with Gasteiger partial charge in [0, 0.05) is 6.42 Å². The summed E-state index contributed by atoms with van der Waals surface area (Å²) >= 11 is 0. The topological polar surface area (TPSA) is 105 Å². The molecule has 3 N–H and O–H groups in total. The molecule has 1 heterocycles. The summed E-state index contributed by atoms with van der Waals surface area (Å²) in [5.41, 5.74) is 2.11. The van der Waals surface area contributed by atoms with E-state index in [1.807, 2.05) is 72.8 Å². The quantitative estimate of drug-likeness (QED) is 0.363. The Kier molecular flexibility index (Phi) is 12.0. The number of benzene rings is 2. The summed E-state index contributed by atoms with van der Waals surface area (Å²) < 4.78 is 5.69. The molecule has 0 fully saturated rings. The zero-order valence-electron chi connectivity index (χ0n) is 22.2. The number of hydrogen-bond donors (Lipinski definition) is 3. The summed E-state index contributed by atoms with van der Waals surface area (Å²) in [7, 11) is 0. The van der Waals surface area contributed by atoms with E-state index in [0.29, 0.717) is 25.7 Å². The molecule has 1 aliphatic rings. The predicted molar refractivity (Wildman–Crippen MR) is 147 cm³/mol. The second-order valence-electron chi connectivity index (χ2n) is 10.1. The molecule has 3 rings (SSSR count). The van der Waals surface area contributed by atoms with Crippen LogP contribution in [0.5, 0.6) is 0 Å². The summed E-state index contributed by atoms with van der Waals surface area (Å²) in [5.74, 6) is -1.58. The van der Waals surface area contributed by atoms with E-state index in [1.54, 1.807) is 6.92 Å². The van der Waals surface area contributed by atoms with Gasteiger partial charge in [-0.2, -0.15) is 0 Å². The lowest BCUT2D eigenvalue weighted by atomic mass is 9.93. The van der Waals surface area contributed by atoms with Gasteiger partial charge in [-0.05, 0) is 56.6 Å². The molecule has 2 aromatic rings. The van der Waals surface area contributed by atoms with Crippen LogP contribution < -0.4 is 10.6 Å². The van der Waals surface area contributed by atoms with Gasteiger partial charge < -0.3 is 20.5 Å². The molecule has 204 valence electrons. The Bertz CT molecular complexity index is 1040. The fourth-order valence-electron chi connectivity index (χ4n) is 4.64. The van der Waals surface area contributed by atoms with E-state index in [1.165, 1.54) is 0 Å². The number of carbonyl (C=O) groups is 3. The van der Waals surface area contributed by atoms with Gasteiger partial charge in [-0.1, -0.05) is 72.8 Å². The van der Waals surface area contributed by atoms with Crippen LogP contribution in [0.4, 0.5) is 0 Å². The molecule has 4 unspecified atom stereocenters. The minimum absolute atomic E-state index is 0.00871. The van der Waals surface area contributed by atoms with Crippen LogP contribution in [0.3, 0.4) is 0 Å². The van der Waals surface area contributed by atoms with Gasteiger partial charge in [-0.25, -0.2) is 0 Å². The fraction of sp³-hybridized carbons (Fsp3) is 0.452. The highest BCUT2D eigenvalue weighted by molar-refractivity contribution is 5.86. The van der Waals surface area contributed by atoms with Crippen LogP contribution in [-0.4, -0.2) is 48.2 Å². The van der Waals surface area contributed by atoms with Gasteiger partial charge in [-0.15, -0.1) is 0 Å². The fourth-order valence-corrected chi connectivity index (χ4v) is 4.64. The third-order valence-electron chi connectivity index (χ3n) is 6.76. The molecule has 2 amide bonds. The first kappa shape index (κ1) is 29.1. The summed E-state index contributed by atoms with van der Waals surface area (Å²) in [6.07, 6.45) is 7.37. The molecule has 0 bridgehead atoms. The Morgan fingerprint density at radius 1 is 1.03 bits per heavy atom. The number of hydrogen-bond acceptors (Lipinski definition) is 5. The largest absolute Gasteiger partial charge is 0.461 e. The van der Waals surface area contributed by atoms with Crippen molar-refractivity contribution in [2.24, 2.45) is 11.8 Å². The van der Waals surface area contributed by atoms with Crippen molar-refractivity contribution in [1.82, 2.24) is 10.6 Å². The van der Waals surface area contributed by atoms with Gasteiger partial charge in [0.15, 0.2) is 0 Å². The number of aliphatic hydroxyl groups is 1. The van der Waals surface area contributed by atoms with Gasteiger partial charge >= 0.3 is 5.97 Å². The summed E-state index contributed by atoms with van der Waals surface area (Å²) in [5, 5.41) is 15.5. The Labute approximate surface area is 225 Å². The molecular weight excluding hydrogens is 480 g/mol. The number of nitrogens with one attached hydrogen (secondary N) is 2. The molecule has 0 saturated carbocycles. The maximum absolute atomic E-state index is 13.0. The summed E-state index contributed by atoms with van der Waals surface area (Å²) in [6.45, 7) is 1.75. The smallest absolute Gasteiger partial charge is 0.309 e. The van der Waals surface area contributed by atoms with E-state index < -0.39 is 18.1 Å². The minimum atomic E-state index is -0.556. The number of carbonyl (C=O) groups excluding carboxylic acids is 3. The maximum Gasteiger partial charge on any atom is 0.309 e. The molecule has 7 nitrogen and oxygen atoms in total. The van der Waals surface area contributed by atoms with Crippen LogP contribution >= 0.6 is 0 Å². The van der Waals surface area contributed by atoms with Crippen molar-refractivity contribution in [1.29, 1.82) is 0 Å². The molecule has 38 heavy (non-hydrogen) atoms. The number of amides is 2. The highest BCUT2D eigenvalue weighted by Crippen LogP contribution is 2.19. The lowest BCUT2D eigenvalue weighted by Gasteiger charge is -2.22. The number of aliphatic hydroxyl groups excluding tert-OH is 1. The molecule has 7 heteroatoms. The van der Waals surface area contributed by atoms with Crippen molar-refractivity contribution in [2.75, 3.05) is 13.2 Å². The second-order valence-corrected chi connectivity index (χ2v) is 10.1. The molecule has 4 atom stereocenters. The lowest BCUT2D eigenvalue weighted by molar-refractivity contribution is -0.153. The van der Waals surface area contributed by atoms with E-state index in [9.17, 15) is 19.5 Å². The normalized spacial score (nSPS) is 22.0. The monoisotopic (exact) mass is 520 g/mol. The number of allylic oxidation sites excluding steroid dienone is 2. The Hall–Kier alpha value is -3.45. The number of rotatable bonds is 8. The van der Waals surface area contributed by atoms with Crippen LogP contribution in [0, 0.1) is 11.8 Å². The van der Waals surface area contributed by atoms with Crippen LogP contribution in [-0.2, 0) is 32.0 Å². The van der Waals surface area contributed by atoms with Gasteiger partial charge in [0.2, 0.25) is 11.8 Å². The average Bonchev–Trinajstić information content (AvgIpc) is 2.92. The third kappa shape index (κ3) is 10.1. The molecule has 0 saturated heterocycles. The highest BCUT2D eigenvalue weighted by Gasteiger charge is 2.25. The number of ether oxygens (including phenoxy) is 1. The maximum atomic E-state index is 13.0. The van der Waals surface area contributed by atoms with Crippen molar-refractivity contribution in [3.63, 3.8) is 0 Å². The van der Waals surface area contributed by atoms with E-state index >= 15 is 0 Å². The first-order chi connectivity index (χ1) is 18.4. The van der Waals surface area contributed by atoms with Crippen LogP contribution in [0.2, 0.25) is 0 Å². The number of esters is 1. The van der Waals surface area contributed by atoms with E-state index in [2.05, 4.69) is 10.6 Å². The Balaban J connectivity index is 1.59. The highest BCUT2D eigenvalue weighted by atomic mass is 16.5. The predicted octanol–water partition coefficient (Wildman–Crippen LogP) is 3.75. The zero-order valence-corrected chi connectivity index (χ0v) is 22.2. The first-order valence-electron chi connectivity index (χ1n) is 13.6. The molecule has 0 spiro atoms. The van der Waals surface area contributed by atoms with Crippen LogP contribution in [0.25, 0.3) is 0 Å². The van der Waals surface area contributed by atoms with E-state index in [4.69, 9.17) is 4.74 Å².